The molecule has 2 fully saturated rings. The summed E-state index contributed by atoms with van der Waals surface area (Å²) in [6.45, 7) is 0.343. The van der Waals surface area contributed by atoms with Crippen molar-refractivity contribution in [3.8, 4) is 5.75 Å². The zero-order valence-electron chi connectivity index (χ0n) is 20.1. The first-order valence-corrected chi connectivity index (χ1v) is 12.4. The van der Waals surface area contributed by atoms with Gasteiger partial charge in [0.25, 0.3) is 0 Å². The van der Waals surface area contributed by atoms with Crippen molar-refractivity contribution in [1.82, 2.24) is 4.90 Å². The fourth-order valence-electron chi connectivity index (χ4n) is 5.12. The number of piperidine rings is 1. The van der Waals surface area contributed by atoms with Crippen LogP contribution in [0.2, 0.25) is 0 Å². The first kappa shape index (κ1) is 27.3. The predicted molar refractivity (Wildman–Crippen MR) is 124 cm³/mol. The molecule has 2 aromatic rings. The normalized spacial score (nSPS) is 20.0. The Morgan fingerprint density at radius 3 is 2.41 bits per heavy atom. The second-order valence-electron chi connectivity index (χ2n) is 9.91. The number of halogens is 6. The van der Waals surface area contributed by atoms with Crippen LogP contribution < -0.4 is 4.74 Å². The van der Waals surface area contributed by atoms with E-state index >= 15 is 0 Å². The van der Waals surface area contributed by atoms with Gasteiger partial charge in [0, 0.05) is 12.6 Å². The predicted octanol–water partition coefficient (Wildman–Crippen LogP) is 7.13. The maximum absolute atomic E-state index is 13.6. The van der Waals surface area contributed by atoms with Gasteiger partial charge in [0.2, 0.25) is 0 Å². The Morgan fingerprint density at radius 2 is 1.76 bits per heavy atom. The minimum Gasteiger partial charge on any atom is -0.492 e. The monoisotopic (exact) mass is 529 g/mol. The summed E-state index contributed by atoms with van der Waals surface area (Å²) in [7, 11) is 0. The molecule has 4 nitrogen and oxygen atoms in total. The number of nitrogens with zero attached hydrogens (tertiary/aromatic N) is 1. The summed E-state index contributed by atoms with van der Waals surface area (Å²) in [5, 5.41) is 9.28. The third-order valence-electron chi connectivity index (χ3n) is 7.17. The van der Waals surface area contributed by atoms with Crippen molar-refractivity contribution in [1.29, 1.82) is 0 Å². The van der Waals surface area contributed by atoms with E-state index in [1.54, 1.807) is 17.0 Å². The fourth-order valence-corrected chi connectivity index (χ4v) is 5.12. The third-order valence-corrected chi connectivity index (χ3v) is 7.17. The molecule has 1 unspecified atom stereocenters. The maximum Gasteiger partial charge on any atom is 0.416 e. The number of carboxylic acid groups (broad SMARTS) is 1. The number of rotatable bonds is 9. The fraction of sp³-hybridized carbons (Fsp3) is 0.519. The zero-order chi connectivity index (χ0) is 26.8. The Morgan fingerprint density at radius 1 is 1.00 bits per heavy atom. The van der Waals surface area contributed by atoms with Gasteiger partial charge in [-0.05, 0) is 85.5 Å². The molecule has 4 rings (SSSR count). The lowest BCUT2D eigenvalue weighted by Gasteiger charge is -2.36. The number of aliphatic carboxylic acids is 1. The Kier molecular flexibility index (Phi) is 8.06. The summed E-state index contributed by atoms with van der Waals surface area (Å²) in [5.74, 6) is -0.104. The molecule has 1 N–H and O–H groups in total. The van der Waals surface area contributed by atoms with Crippen molar-refractivity contribution >= 4 is 5.97 Å². The van der Waals surface area contributed by atoms with E-state index < -0.39 is 35.0 Å². The molecule has 2 aliphatic rings. The summed E-state index contributed by atoms with van der Waals surface area (Å²) in [5.41, 5.74) is -1.70. The molecule has 37 heavy (non-hydrogen) atoms. The molecule has 2 atom stereocenters. The molecule has 1 saturated heterocycles. The van der Waals surface area contributed by atoms with E-state index in [1.807, 2.05) is 12.1 Å². The smallest absolute Gasteiger partial charge is 0.416 e. The average molecular weight is 530 g/mol. The van der Waals surface area contributed by atoms with Crippen LogP contribution in [0.4, 0.5) is 26.3 Å². The van der Waals surface area contributed by atoms with Gasteiger partial charge >= 0.3 is 18.3 Å². The SMILES string of the molecule is O=C(O)C[C@H](c1cccc(OCC2CCCCN2Cc2cc(C(F)(F)F)ccc2C(F)(F)F)c1)C1CC1. The van der Waals surface area contributed by atoms with Gasteiger partial charge in [0.15, 0.2) is 0 Å². The van der Waals surface area contributed by atoms with Gasteiger partial charge in [0.1, 0.15) is 12.4 Å². The largest absolute Gasteiger partial charge is 0.492 e. The van der Waals surface area contributed by atoms with Crippen LogP contribution in [0.25, 0.3) is 0 Å². The van der Waals surface area contributed by atoms with E-state index in [9.17, 15) is 36.2 Å². The molecule has 0 bridgehead atoms. The second kappa shape index (κ2) is 10.9. The molecule has 0 spiro atoms. The molecular formula is C27H29F6NO3. The highest BCUT2D eigenvalue weighted by molar-refractivity contribution is 5.68. The third kappa shape index (κ3) is 7.18. The zero-order valence-corrected chi connectivity index (χ0v) is 20.1. The second-order valence-corrected chi connectivity index (χ2v) is 9.91. The number of ether oxygens (including phenoxy) is 1. The summed E-state index contributed by atoms with van der Waals surface area (Å²) in [6, 6.07) is 8.52. The van der Waals surface area contributed by atoms with E-state index in [1.165, 1.54) is 0 Å². The number of carbonyl (C=O) groups is 1. The Bertz CT molecular complexity index is 1100. The van der Waals surface area contributed by atoms with Crippen LogP contribution in [0.5, 0.6) is 5.75 Å². The molecule has 1 heterocycles. The number of alkyl halides is 6. The number of carboxylic acids is 1. The highest BCUT2D eigenvalue weighted by Gasteiger charge is 2.38. The van der Waals surface area contributed by atoms with Gasteiger partial charge in [-0.15, -0.1) is 0 Å². The summed E-state index contributed by atoms with van der Waals surface area (Å²) in [6.07, 6.45) is -5.31. The van der Waals surface area contributed by atoms with Crippen LogP contribution >= 0.6 is 0 Å². The highest BCUT2D eigenvalue weighted by atomic mass is 19.4. The minimum absolute atomic E-state index is 0.0308. The number of benzene rings is 2. The summed E-state index contributed by atoms with van der Waals surface area (Å²) >= 11 is 0. The van der Waals surface area contributed by atoms with Crippen molar-refractivity contribution in [2.45, 2.75) is 69.4 Å². The molecule has 2 aromatic carbocycles. The van der Waals surface area contributed by atoms with Gasteiger partial charge in [0.05, 0.1) is 17.5 Å². The minimum atomic E-state index is -4.77. The van der Waals surface area contributed by atoms with Gasteiger partial charge in [-0.3, -0.25) is 9.69 Å². The van der Waals surface area contributed by atoms with E-state index in [0.717, 1.165) is 31.2 Å². The molecule has 10 heteroatoms. The molecule has 1 saturated carbocycles. The Balaban J connectivity index is 1.49. The topological polar surface area (TPSA) is 49.8 Å². The van der Waals surface area contributed by atoms with Gasteiger partial charge in [-0.25, -0.2) is 0 Å². The first-order valence-electron chi connectivity index (χ1n) is 12.4. The molecule has 0 aromatic heterocycles. The van der Waals surface area contributed by atoms with Crippen LogP contribution in [0, 0.1) is 5.92 Å². The molecule has 1 aliphatic heterocycles. The van der Waals surface area contributed by atoms with Crippen LogP contribution in [-0.2, 0) is 23.7 Å². The number of hydrogen-bond donors (Lipinski definition) is 1. The first-order chi connectivity index (χ1) is 17.4. The van der Waals surface area contributed by atoms with Crippen LogP contribution in [0.1, 0.15) is 66.7 Å². The van der Waals surface area contributed by atoms with E-state index in [4.69, 9.17) is 4.74 Å². The standard InChI is InChI=1S/C27H29F6NO3/c28-26(29,30)20-9-10-24(27(31,32)33)19(12-20)15-34-11-2-1-5-21(34)16-37-22-6-3-4-18(13-22)23(14-25(35)36)17-7-8-17/h3-4,6,9-10,12-13,17,21,23H,1-2,5,7-8,11,14-16H2,(H,35,36)/t21?,23-/m0/s1. The Labute approximate surface area is 211 Å². The summed E-state index contributed by atoms with van der Waals surface area (Å²) in [4.78, 5) is 13.1. The maximum atomic E-state index is 13.6. The lowest BCUT2D eigenvalue weighted by Crippen LogP contribution is -2.43. The lowest BCUT2D eigenvalue weighted by molar-refractivity contribution is -0.142. The quantitative estimate of drug-likeness (QED) is 0.351. The highest BCUT2D eigenvalue weighted by Crippen LogP contribution is 2.45. The van der Waals surface area contributed by atoms with Crippen LogP contribution in [0.3, 0.4) is 0 Å². The molecule has 202 valence electrons. The van der Waals surface area contributed by atoms with E-state index in [0.29, 0.717) is 42.8 Å². The number of likely N-dealkylation sites (tertiary alicyclic amines) is 1. The van der Waals surface area contributed by atoms with Gasteiger partial charge in [-0.1, -0.05) is 18.6 Å². The van der Waals surface area contributed by atoms with E-state index in [-0.39, 0.29) is 31.5 Å². The number of hydrogen-bond acceptors (Lipinski definition) is 3. The Hall–Kier alpha value is -2.75. The van der Waals surface area contributed by atoms with Crippen molar-refractivity contribution in [3.05, 3.63) is 64.7 Å². The van der Waals surface area contributed by atoms with Crippen molar-refractivity contribution in [2.75, 3.05) is 13.2 Å². The molecule has 1 aliphatic carbocycles. The molecular weight excluding hydrogens is 500 g/mol. The van der Waals surface area contributed by atoms with Gasteiger partial charge in [-0.2, -0.15) is 26.3 Å². The summed E-state index contributed by atoms with van der Waals surface area (Å²) < 4.78 is 86.4. The van der Waals surface area contributed by atoms with Gasteiger partial charge < -0.3 is 9.84 Å². The van der Waals surface area contributed by atoms with Crippen molar-refractivity contribution in [3.63, 3.8) is 0 Å². The van der Waals surface area contributed by atoms with Crippen LogP contribution in [-0.4, -0.2) is 35.2 Å². The van der Waals surface area contributed by atoms with Crippen LogP contribution in [0.15, 0.2) is 42.5 Å². The van der Waals surface area contributed by atoms with Crippen molar-refractivity contribution < 1.29 is 41.0 Å². The van der Waals surface area contributed by atoms with E-state index in [2.05, 4.69) is 0 Å². The molecule has 0 amide bonds. The molecule has 0 radical (unpaired) electrons. The lowest BCUT2D eigenvalue weighted by atomic mass is 9.91. The average Bonchev–Trinajstić information content (AvgIpc) is 3.66. The van der Waals surface area contributed by atoms with Crippen molar-refractivity contribution in [2.24, 2.45) is 5.92 Å².